The summed E-state index contributed by atoms with van der Waals surface area (Å²) in [5.41, 5.74) is 5.53. The standard InChI is InChI=1S/C25H29NO3/c1-4-29-25(27)21(15-18-11-12-18)23-20-13-10-17(2)14-22(20)26(16-28-3)24(23)19-8-6-5-7-9-19/h5-10,13-14,18,21H,4,11-12,15-16H2,1-3H3. The fourth-order valence-corrected chi connectivity index (χ4v) is 4.27. The van der Waals surface area contributed by atoms with Crippen molar-refractivity contribution in [3.8, 4) is 11.3 Å². The molecule has 4 nitrogen and oxygen atoms in total. The molecule has 1 atom stereocenters. The van der Waals surface area contributed by atoms with Crippen LogP contribution in [0.2, 0.25) is 0 Å². The summed E-state index contributed by atoms with van der Waals surface area (Å²) < 4.78 is 13.3. The van der Waals surface area contributed by atoms with Crippen LogP contribution in [0.15, 0.2) is 48.5 Å². The predicted octanol–water partition coefficient (Wildman–Crippen LogP) is 5.67. The molecule has 1 fully saturated rings. The molecule has 0 radical (unpaired) electrons. The summed E-state index contributed by atoms with van der Waals surface area (Å²) >= 11 is 0. The van der Waals surface area contributed by atoms with Crippen molar-refractivity contribution >= 4 is 16.9 Å². The Labute approximate surface area is 172 Å². The average molecular weight is 392 g/mol. The number of esters is 1. The number of benzene rings is 2. The Morgan fingerprint density at radius 3 is 2.59 bits per heavy atom. The summed E-state index contributed by atoms with van der Waals surface area (Å²) in [4.78, 5) is 13.1. The Bertz CT molecular complexity index is 1000. The van der Waals surface area contributed by atoms with Crippen LogP contribution in [0.4, 0.5) is 0 Å². The minimum atomic E-state index is -0.263. The average Bonchev–Trinajstić information content (AvgIpc) is 3.50. The number of rotatable bonds is 8. The molecular weight excluding hydrogens is 362 g/mol. The van der Waals surface area contributed by atoms with Gasteiger partial charge in [0.2, 0.25) is 0 Å². The van der Waals surface area contributed by atoms with Gasteiger partial charge in [-0.1, -0.05) is 55.3 Å². The molecule has 1 aliphatic rings. The summed E-state index contributed by atoms with van der Waals surface area (Å²) in [5.74, 6) is 0.230. The first-order valence-corrected chi connectivity index (χ1v) is 10.5. The lowest BCUT2D eigenvalue weighted by Gasteiger charge is -2.19. The summed E-state index contributed by atoms with van der Waals surface area (Å²) in [5, 5.41) is 1.12. The van der Waals surface area contributed by atoms with Gasteiger partial charge in [0.1, 0.15) is 6.73 Å². The zero-order valence-corrected chi connectivity index (χ0v) is 17.5. The van der Waals surface area contributed by atoms with Crippen LogP contribution in [0.25, 0.3) is 22.2 Å². The highest BCUT2D eigenvalue weighted by Crippen LogP contribution is 2.45. The highest BCUT2D eigenvalue weighted by atomic mass is 16.5. The minimum Gasteiger partial charge on any atom is -0.466 e. The van der Waals surface area contributed by atoms with E-state index in [1.165, 1.54) is 18.4 Å². The predicted molar refractivity (Wildman–Crippen MR) is 116 cm³/mol. The number of carbonyl (C=O) groups is 1. The molecule has 0 saturated heterocycles. The fraction of sp³-hybridized carbons (Fsp3) is 0.400. The van der Waals surface area contributed by atoms with Gasteiger partial charge in [0.25, 0.3) is 0 Å². The van der Waals surface area contributed by atoms with Gasteiger partial charge in [-0.3, -0.25) is 4.79 Å². The number of aryl methyl sites for hydroxylation is 1. The van der Waals surface area contributed by atoms with Crippen LogP contribution in [0.3, 0.4) is 0 Å². The highest BCUT2D eigenvalue weighted by molar-refractivity contribution is 5.97. The van der Waals surface area contributed by atoms with Crippen molar-refractivity contribution in [3.05, 3.63) is 59.7 Å². The molecule has 1 saturated carbocycles. The van der Waals surface area contributed by atoms with Crippen LogP contribution in [-0.4, -0.2) is 24.3 Å². The van der Waals surface area contributed by atoms with E-state index in [1.54, 1.807) is 7.11 Å². The number of carbonyl (C=O) groups excluding carboxylic acids is 1. The number of fused-ring (bicyclic) bond motifs is 1. The van der Waals surface area contributed by atoms with Gasteiger partial charge in [-0.25, -0.2) is 0 Å². The molecule has 1 aliphatic carbocycles. The summed E-state index contributed by atoms with van der Waals surface area (Å²) in [6.45, 7) is 4.81. The molecule has 1 aromatic heterocycles. The van der Waals surface area contributed by atoms with Crippen molar-refractivity contribution in [3.63, 3.8) is 0 Å². The van der Waals surface area contributed by atoms with E-state index in [2.05, 4.69) is 41.8 Å². The summed E-state index contributed by atoms with van der Waals surface area (Å²) in [6, 6.07) is 16.8. The number of nitrogens with zero attached hydrogens (tertiary/aromatic N) is 1. The Kier molecular flexibility index (Phi) is 5.72. The lowest BCUT2D eigenvalue weighted by molar-refractivity contribution is -0.145. The molecule has 0 bridgehead atoms. The Morgan fingerprint density at radius 2 is 1.93 bits per heavy atom. The fourth-order valence-electron chi connectivity index (χ4n) is 4.27. The number of aromatic nitrogens is 1. The van der Waals surface area contributed by atoms with Crippen LogP contribution in [-0.2, 0) is 21.0 Å². The number of hydrogen-bond donors (Lipinski definition) is 0. The van der Waals surface area contributed by atoms with Crippen LogP contribution in [0.1, 0.15) is 43.2 Å². The SMILES string of the molecule is CCOC(=O)C(CC1CC1)c1c(-c2ccccc2)n(COC)c2cc(C)ccc12. The monoisotopic (exact) mass is 391 g/mol. The third-order valence-corrected chi connectivity index (χ3v) is 5.75. The van der Waals surface area contributed by atoms with Crippen molar-refractivity contribution in [2.75, 3.05) is 13.7 Å². The molecule has 0 amide bonds. The van der Waals surface area contributed by atoms with Crippen molar-refractivity contribution in [2.45, 2.75) is 45.8 Å². The lowest BCUT2D eigenvalue weighted by Crippen LogP contribution is -2.18. The van der Waals surface area contributed by atoms with Gasteiger partial charge in [-0.15, -0.1) is 0 Å². The second kappa shape index (κ2) is 8.42. The summed E-state index contributed by atoms with van der Waals surface area (Å²) in [6.07, 6.45) is 3.25. The lowest BCUT2D eigenvalue weighted by atomic mass is 9.89. The van der Waals surface area contributed by atoms with E-state index in [-0.39, 0.29) is 11.9 Å². The topological polar surface area (TPSA) is 40.5 Å². The molecule has 1 unspecified atom stereocenters. The maximum atomic E-state index is 13.1. The van der Waals surface area contributed by atoms with Gasteiger partial charge in [-0.2, -0.15) is 0 Å². The molecule has 0 N–H and O–H groups in total. The van der Waals surface area contributed by atoms with Crippen LogP contribution >= 0.6 is 0 Å². The van der Waals surface area contributed by atoms with Gasteiger partial charge < -0.3 is 14.0 Å². The third-order valence-electron chi connectivity index (χ3n) is 5.75. The van der Waals surface area contributed by atoms with E-state index < -0.39 is 0 Å². The molecule has 2 aromatic carbocycles. The van der Waals surface area contributed by atoms with E-state index in [0.29, 0.717) is 19.3 Å². The molecule has 0 spiro atoms. The normalized spacial score (nSPS) is 14.9. The minimum absolute atomic E-state index is 0.117. The van der Waals surface area contributed by atoms with Crippen LogP contribution in [0.5, 0.6) is 0 Å². The van der Waals surface area contributed by atoms with E-state index in [1.807, 2.05) is 25.1 Å². The Balaban J connectivity index is 2.00. The zero-order chi connectivity index (χ0) is 20.4. The van der Waals surface area contributed by atoms with Gasteiger partial charge in [0.15, 0.2) is 0 Å². The van der Waals surface area contributed by atoms with Crippen molar-refractivity contribution < 1.29 is 14.3 Å². The first-order valence-electron chi connectivity index (χ1n) is 10.5. The molecule has 1 heterocycles. The quantitative estimate of drug-likeness (QED) is 0.465. The van der Waals surface area contributed by atoms with Crippen molar-refractivity contribution in [1.29, 1.82) is 0 Å². The molecule has 29 heavy (non-hydrogen) atoms. The van der Waals surface area contributed by atoms with Crippen LogP contribution in [0, 0.1) is 12.8 Å². The van der Waals surface area contributed by atoms with E-state index in [0.717, 1.165) is 34.1 Å². The molecular formula is C25H29NO3. The maximum Gasteiger partial charge on any atom is 0.313 e. The molecule has 0 aliphatic heterocycles. The largest absolute Gasteiger partial charge is 0.466 e. The van der Waals surface area contributed by atoms with Gasteiger partial charge in [-0.05, 0) is 43.4 Å². The Morgan fingerprint density at radius 1 is 1.17 bits per heavy atom. The van der Waals surface area contributed by atoms with Gasteiger partial charge in [0.05, 0.1) is 23.7 Å². The van der Waals surface area contributed by atoms with Crippen molar-refractivity contribution in [1.82, 2.24) is 4.57 Å². The van der Waals surface area contributed by atoms with E-state index >= 15 is 0 Å². The number of methoxy groups -OCH3 is 1. The molecule has 4 rings (SSSR count). The maximum absolute atomic E-state index is 13.1. The van der Waals surface area contributed by atoms with E-state index in [4.69, 9.17) is 9.47 Å². The van der Waals surface area contributed by atoms with Crippen molar-refractivity contribution in [2.24, 2.45) is 5.92 Å². The van der Waals surface area contributed by atoms with Gasteiger partial charge in [0, 0.05) is 18.1 Å². The third kappa shape index (κ3) is 3.95. The molecule has 152 valence electrons. The number of ether oxygens (including phenoxy) is 2. The second-order valence-corrected chi connectivity index (χ2v) is 7.98. The first-order chi connectivity index (χ1) is 14.1. The van der Waals surface area contributed by atoms with Gasteiger partial charge >= 0.3 is 5.97 Å². The summed E-state index contributed by atoms with van der Waals surface area (Å²) in [7, 11) is 1.71. The number of hydrogen-bond acceptors (Lipinski definition) is 3. The zero-order valence-electron chi connectivity index (χ0n) is 17.5. The van der Waals surface area contributed by atoms with Crippen LogP contribution < -0.4 is 0 Å². The first kappa shape index (κ1) is 19.7. The Hall–Kier alpha value is -2.59. The smallest absolute Gasteiger partial charge is 0.313 e. The molecule has 3 aromatic rings. The van der Waals surface area contributed by atoms with E-state index in [9.17, 15) is 4.79 Å². The molecule has 4 heteroatoms. The second-order valence-electron chi connectivity index (χ2n) is 7.98. The highest BCUT2D eigenvalue weighted by Gasteiger charge is 2.35.